The third-order valence-electron chi connectivity index (χ3n) is 14.7. The number of aromatic nitrogens is 20. The smallest absolute Gasteiger partial charge is 0.220 e. The van der Waals surface area contributed by atoms with Crippen LogP contribution in [0.2, 0.25) is 0 Å². The summed E-state index contributed by atoms with van der Waals surface area (Å²) in [6, 6.07) is 31.1. The first-order chi connectivity index (χ1) is 45.2. The zero-order valence-electron chi connectivity index (χ0n) is 51.1. The first-order valence-electron chi connectivity index (χ1n) is 28.3. The molecule has 470 valence electrons. The molecule has 0 fully saturated rings. The van der Waals surface area contributed by atoms with Gasteiger partial charge in [0.1, 0.15) is 22.6 Å². The fourth-order valence-electron chi connectivity index (χ4n) is 11.0. The van der Waals surface area contributed by atoms with E-state index in [4.69, 9.17) is 42.0 Å². The van der Waals surface area contributed by atoms with Crippen LogP contribution in [0.5, 0.6) is 0 Å². The Hall–Kier alpha value is -11.0. The van der Waals surface area contributed by atoms with E-state index < -0.39 is 0 Å². The highest BCUT2D eigenvalue weighted by Gasteiger charge is 2.23. The van der Waals surface area contributed by atoms with Crippen molar-refractivity contribution in [3.05, 3.63) is 169 Å². The van der Waals surface area contributed by atoms with Crippen LogP contribution in [0.1, 0.15) is 22.8 Å². The first kappa shape index (κ1) is 63.1. The van der Waals surface area contributed by atoms with Crippen LogP contribution >= 0.6 is 48.3 Å². The number of anilines is 5. The van der Waals surface area contributed by atoms with E-state index in [-0.39, 0.29) is 24.3 Å². The van der Waals surface area contributed by atoms with Gasteiger partial charge in [-0.3, -0.25) is 17.6 Å². The van der Waals surface area contributed by atoms with Gasteiger partial charge in [-0.25, -0.2) is 79.7 Å². The van der Waals surface area contributed by atoms with E-state index in [9.17, 15) is 0 Å². The van der Waals surface area contributed by atoms with E-state index in [0.717, 1.165) is 151 Å². The van der Waals surface area contributed by atoms with E-state index in [2.05, 4.69) is 86.9 Å². The summed E-state index contributed by atoms with van der Waals surface area (Å²) in [5.74, 6) is 1.64. The fraction of sp³-hybridized carbons (Fsp3) is 0.111. The molecule has 0 radical (unpaired) electrons. The normalized spacial score (nSPS) is 11.3. The van der Waals surface area contributed by atoms with Crippen molar-refractivity contribution < 1.29 is 8.37 Å². The molecule has 0 aliphatic rings. The zero-order valence-corrected chi connectivity index (χ0v) is 54.4. The van der Waals surface area contributed by atoms with Crippen LogP contribution in [0.4, 0.5) is 29.7 Å². The lowest BCUT2D eigenvalue weighted by Gasteiger charge is -2.04. The van der Waals surface area contributed by atoms with Gasteiger partial charge in [-0.1, -0.05) is 11.8 Å². The summed E-state index contributed by atoms with van der Waals surface area (Å²) >= 11 is 3.85. The molecule has 16 rings (SSSR count). The molecule has 0 aliphatic heterocycles. The van der Waals surface area contributed by atoms with Gasteiger partial charge in [0.15, 0.2) is 5.16 Å². The molecule has 0 saturated heterocycles. The van der Waals surface area contributed by atoms with Crippen molar-refractivity contribution in [3.63, 3.8) is 0 Å². The fourth-order valence-corrected chi connectivity index (χ4v) is 12.2. The standard InChI is InChI=1S/C17H15N5O2S2.C16H14N6S.2C15H13N7.ClH/c1-10-4-5-11-14(12-6-8-18-16(21-12)25-23-2)13-7-9-19-17(26-24-3)22(13)15(11)20-10;1-9-3-4-10-13(11-5-7-19-16(21-11)23-2)12-6-8-18-15(17)22(12)14(10)20-9;2*1-8-2-3-9-12(10-4-6-18-14(16)21-10)11-5-7-19-15(17)22(11)13(9)20-8;/h4-9H,1-3H3;3-8H,1-2H3,(H2,17,18);2*2-7H,1H3,(H2,17,19)(H2,16,18,21);1H. The highest BCUT2D eigenvalue weighted by Crippen LogP contribution is 2.40. The molecule has 0 aliphatic carbocycles. The molecule has 0 atom stereocenters. The molecule has 0 spiro atoms. The van der Waals surface area contributed by atoms with Crippen molar-refractivity contribution in [1.82, 2.24) is 97.3 Å². The number of hydrogen-bond donors (Lipinski definition) is 5. The number of hydrogen-bond acceptors (Lipinski definition) is 26. The number of fused-ring (bicyclic) bond motifs is 12. The monoisotopic (exact) mass is 1330 g/mol. The maximum absolute atomic E-state index is 6.09. The maximum atomic E-state index is 6.09. The Morgan fingerprint density at radius 3 is 1.00 bits per heavy atom. The number of thioether (sulfide) groups is 1. The van der Waals surface area contributed by atoms with Crippen molar-refractivity contribution in [3.8, 4) is 45.0 Å². The Kier molecular flexibility index (Phi) is 17.9. The van der Waals surface area contributed by atoms with E-state index in [0.29, 0.717) is 28.2 Å². The minimum atomic E-state index is 0. The number of rotatable bonds is 9. The average molecular weight is 1330 g/mol. The summed E-state index contributed by atoms with van der Waals surface area (Å²) < 4.78 is 17.9. The van der Waals surface area contributed by atoms with Gasteiger partial charge in [0.05, 0.1) is 83.1 Å². The number of pyridine rings is 4. The first-order valence-corrected chi connectivity index (χ1v) is 31.1. The zero-order chi connectivity index (χ0) is 64.6. The van der Waals surface area contributed by atoms with Gasteiger partial charge >= 0.3 is 0 Å². The molecule has 0 unspecified atom stereocenters. The van der Waals surface area contributed by atoms with Crippen LogP contribution in [0, 0.1) is 27.7 Å². The molecule has 0 bridgehead atoms. The number of aryl methyl sites for hydroxylation is 4. The Labute approximate surface area is 553 Å². The lowest BCUT2D eigenvalue weighted by atomic mass is 10.1. The van der Waals surface area contributed by atoms with Gasteiger partial charge in [-0.15, -0.1) is 12.4 Å². The topological polar surface area (TPSA) is 372 Å². The minimum Gasteiger partial charge on any atom is -0.369 e. The van der Waals surface area contributed by atoms with Crippen molar-refractivity contribution in [2.75, 3.05) is 49.1 Å². The van der Waals surface area contributed by atoms with Crippen molar-refractivity contribution in [2.45, 2.75) is 43.2 Å². The molecular weight excluding hydrogens is 1270 g/mol. The summed E-state index contributed by atoms with van der Waals surface area (Å²) in [4.78, 5) is 69.8. The largest absolute Gasteiger partial charge is 0.369 e. The minimum absolute atomic E-state index is 0. The molecule has 0 amide bonds. The molecule has 16 aromatic heterocycles. The van der Waals surface area contributed by atoms with E-state index in [1.54, 1.807) is 63.8 Å². The lowest BCUT2D eigenvalue weighted by Crippen LogP contribution is -2.00. The Balaban J connectivity index is 0.000000120. The van der Waals surface area contributed by atoms with Crippen LogP contribution < -0.4 is 28.7 Å². The summed E-state index contributed by atoms with van der Waals surface area (Å²) in [6.45, 7) is 7.80. The number of nitrogens with two attached hydrogens (primary N) is 5. The van der Waals surface area contributed by atoms with Crippen molar-refractivity contribution in [1.29, 1.82) is 0 Å². The molecule has 10 N–H and O–H groups in total. The maximum Gasteiger partial charge on any atom is 0.220 e. The van der Waals surface area contributed by atoms with Crippen LogP contribution in [-0.4, -0.2) is 118 Å². The summed E-state index contributed by atoms with van der Waals surface area (Å²) in [5.41, 5.74) is 47.1. The third kappa shape index (κ3) is 11.9. The number of nitrogen functional groups attached to an aromatic ring is 5. The second-order valence-corrected chi connectivity index (χ2v) is 23.1. The Morgan fingerprint density at radius 1 is 0.330 bits per heavy atom. The number of halogens is 1. The molecule has 16 aromatic rings. The van der Waals surface area contributed by atoms with Gasteiger partial charge in [0.25, 0.3) is 0 Å². The SMILES string of the molecule is COSc1nccc(-c2c3ccc(C)nc3n3c(SOC)nccc23)n1.CSc1nccc(-c2c3ccc(C)nc3n3c(N)nccc23)n1.Cc1ccc2c(-c3ccnc(N)n3)c3ccnc(N)n3c2n1.Cc1ccc2c(-c3ccnc(N)n3)c3ccnc(N)n3c2n1.Cl. The summed E-state index contributed by atoms with van der Waals surface area (Å²) in [5, 5.41) is 5.89. The van der Waals surface area contributed by atoms with Crippen molar-refractivity contribution >= 4 is 144 Å². The van der Waals surface area contributed by atoms with E-state index in [1.165, 1.54) is 23.8 Å². The predicted octanol–water partition coefficient (Wildman–Crippen LogP) is 11.0. The quantitative estimate of drug-likeness (QED) is 0.0509. The predicted molar refractivity (Wildman–Crippen MR) is 372 cm³/mol. The summed E-state index contributed by atoms with van der Waals surface area (Å²) in [6.07, 6.45) is 15.5. The molecule has 94 heavy (non-hydrogen) atoms. The van der Waals surface area contributed by atoms with Crippen LogP contribution in [0.3, 0.4) is 0 Å². The second-order valence-electron chi connectivity index (χ2n) is 20.6. The van der Waals surface area contributed by atoms with Gasteiger partial charge in [-0.05, 0) is 131 Å². The lowest BCUT2D eigenvalue weighted by molar-refractivity contribution is 0.485. The van der Waals surface area contributed by atoms with Gasteiger partial charge < -0.3 is 37.0 Å². The molecular formula is C63H56ClN25O2S3. The number of nitrogens with zero attached hydrogens (tertiary/aromatic N) is 20. The summed E-state index contributed by atoms with van der Waals surface area (Å²) in [7, 11) is 3.21. The van der Waals surface area contributed by atoms with Crippen LogP contribution in [0.15, 0.2) is 162 Å². The molecule has 31 heteroatoms. The molecule has 0 saturated carbocycles. The van der Waals surface area contributed by atoms with Gasteiger partial charge in [0.2, 0.25) is 40.1 Å². The molecule has 16 heterocycles. The highest BCUT2D eigenvalue weighted by molar-refractivity contribution is 7.98. The van der Waals surface area contributed by atoms with Gasteiger partial charge in [-0.2, -0.15) is 0 Å². The molecule has 27 nitrogen and oxygen atoms in total. The van der Waals surface area contributed by atoms with Crippen molar-refractivity contribution in [2.24, 2.45) is 0 Å². The van der Waals surface area contributed by atoms with Crippen LogP contribution in [-0.2, 0) is 8.37 Å². The highest BCUT2D eigenvalue weighted by atomic mass is 35.5. The molecule has 0 aromatic carbocycles. The Bertz CT molecular complexity index is 5380. The van der Waals surface area contributed by atoms with Gasteiger partial charge in [0, 0.05) is 116 Å². The van der Waals surface area contributed by atoms with E-state index >= 15 is 0 Å². The van der Waals surface area contributed by atoms with Crippen LogP contribution in [0.25, 0.3) is 111 Å². The average Bonchev–Trinajstić information content (AvgIpc) is 1.62. The second kappa shape index (κ2) is 26.7. The third-order valence-corrected chi connectivity index (χ3v) is 16.4. The Morgan fingerprint density at radius 2 is 0.638 bits per heavy atom. The van der Waals surface area contributed by atoms with E-state index in [1.807, 2.05) is 136 Å².